The van der Waals surface area contributed by atoms with E-state index >= 15 is 0 Å². The fourth-order valence-electron chi connectivity index (χ4n) is 2.78. The lowest BCUT2D eigenvalue weighted by Gasteiger charge is -2.04. The van der Waals surface area contributed by atoms with Crippen LogP contribution < -0.4 is 5.43 Å². The van der Waals surface area contributed by atoms with Gasteiger partial charge in [0.15, 0.2) is 8.68 Å². The maximum atomic E-state index is 12.1. The van der Waals surface area contributed by atoms with Crippen LogP contribution in [0.3, 0.4) is 0 Å². The number of hydrogen-bond acceptors (Lipinski definition) is 8. The normalized spacial score (nSPS) is 11.2. The summed E-state index contributed by atoms with van der Waals surface area (Å²) in [5.41, 5.74) is 4.29. The number of carbonyl (C=O) groups is 1. The molecule has 1 amide bonds. The van der Waals surface area contributed by atoms with Gasteiger partial charge in [-0.25, -0.2) is 5.43 Å². The summed E-state index contributed by atoms with van der Waals surface area (Å²) in [6.45, 7) is 0. The SMILES string of the molecule is O=C(CSc1nnc(SCc2ccccc2)s1)N/N=C/c1c(O)ccc2ccccc12. The van der Waals surface area contributed by atoms with E-state index in [9.17, 15) is 9.90 Å². The van der Waals surface area contributed by atoms with E-state index in [1.165, 1.54) is 34.9 Å². The number of aromatic nitrogens is 2. The smallest absolute Gasteiger partial charge is 0.250 e. The standard InChI is InChI=1S/C22H18N4O2S3/c27-19-11-10-16-8-4-5-9-17(16)18(19)12-23-24-20(28)14-30-22-26-25-21(31-22)29-13-15-6-2-1-3-7-15/h1-12,27H,13-14H2,(H,24,28)/b23-12+. The second kappa shape index (κ2) is 10.4. The number of thioether (sulfide) groups is 2. The van der Waals surface area contributed by atoms with Crippen molar-refractivity contribution in [1.82, 2.24) is 15.6 Å². The molecule has 1 aromatic heterocycles. The maximum Gasteiger partial charge on any atom is 0.250 e. The third-order valence-corrected chi connectivity index (χ3v) is 7.51. The van der Waals surface area contributed by atoms with Crippen LogP contribution in [0.15, 0.2) is 80.5 Å². The number of nitrogens with zero attached hydrogens (tertiary/aromatic N) is 3. The number of benzene rings is 3. The number of carbonyl (C=O) groups excluding carboxylic acids is 1. The zero-order chi connectivity index (χ0) is 21.5. The van der Waals surface area contributed by atoms with Gasteiger partial charge in [-0.3, -0.25) is 4.79 Å². The van der Waals surface area contributed by atoms with E-state index in [2.05, 4.69) is 32.9 Å². The first-order chi connectivity index (χ1) is 15.2. The third-order valence-electron chi connectivity index (χ3n) is 4.25. The fourth-order valence-corrected chi connectivity index (χ4v) is 5.55. The molecule has 0 atom stereocenters. The first-order valence-electron chi connectivity index (χ1n) is 9.35. The highest BCUT2D eigenvalue weighted by molar-refractivity contribution is 8.03. The summed E-state index contributed by atoms with van der Waals surface area (Å²) in [6, 6.07) is 21.3. The average molecular weight is 467 g/mol. The van der Waals surface area contributed by atoms with Gasteiger partial charge in [0.1, 0.15) is 5.75 Å². The molecule has 156 valence electrons. The summed E-state index contributed by atoms with van der Waals surface area (Å²) in [5, 5.41) is 24.3. The molecule has 0 saturated heterocycles. The molecule has 3 aromatic carbocycles. The Morgan fingerprint density at radius 2 is 1.74 bits per heavy atom. The Labute approximate surface area is 191 Å². The number of hydrazone groups is 1. The number of amides is 1. The molecule has 0 bridgehead atoms. The van der Waals surface area contributed by atoms with Crippen LogP contribution in [0.4, 0.5) is 0 Å². The Morgan fingerprint density at radius 1 is 1.00 bits per heavy atom. The van der Waals surface area contributed by atoms with E-state index < -0.39 is 0 Å². The van der Waals surface area contributed by atoms with Gasteiger partial charge in [0, 0.05) is 11.3 Å². The minimum Gasteiger partial charge on any atom is -0.507 e. The molecule has 0 aliphatic heterocycles. The molecule has 0 radical (unpaired) electrons. The van der Waals surface area contributed by atoms with Gasteiger partial charge in [0.25, 0.3) is 5.91 Å². The molecule has 0 saturated carbocycles. The third kappa shape index (κ3) is 5.84. The van der Waals surface area contributed by atoms with Crippen molar-refractivity contribution in [2.24, 2.45) is 5.10 Å². The van der Waals surface area contributed by atoms with Crippen LogP contribution in [-0.2, 0) is 10.5 Å². The van der Waals surface area contributed by atoms with Crippen molar-refractivity contribution >= 4 is 57.8 Å². The molecular weight excluding hydrogens is 448 g/mol. The number of hydrogen-bond donors (Lipinski definition) is 2. The zero-order valence-corrected chi connectivity index (χ0v) is 18.7. The molecule has 0 spiro atoms. The van der Waals surface area contributed by atoms with Gasteiger partial charge in [0.05, 0.1) is 12.0 Å². The van der Waals surface area contributed by atoms with Gasteiger partial charge in [-0.05, 0) is 22.4 Å². The molecule has 0 aliphatic rings. The van der Waals surface area contributed by atoms with Crippen LogP contribution in [0.1, 0.15) is 11.1 Å². The summed E-state index contributed by atoms with van der Waals surface area (Å²) in [7, 11) is 0. The van der Waals surface area contributed by atoms with Crippen molar-refractivity contribution < 1.29 is 9.90 Å². The van der Waals surface area contributed by atoms with Crippen molar-refractivity contribution in [1.29, 1.82) is 0 Å². The van der Waals surface area contributed by atoms with Crippen molar-refractivity contribution in [3.05, 3.63) is 77.9 Å². The van der Waals surface area contributed by atoms with Crippen LogP contribution in [0.2, 0.25) is 0 Å². The molecule has 31 heavy (non-hydrogen) atoms. The summed E-state index contributed by atoms with van der Waals surface area (Å²) in [5.74, 6) is 0.864. The predicted molar refractivity (Wildman–Crippen MR) is 128 cm³/mol. The van der Waals surface area contributed by atoms with Gasteiger partial charge in [0.2, 0.25) is 0 Å². The van der Waals surface area contributed by atoms with Gasteiger partial charge in [-0.2, -0.15) is 5.10 Å². The lowest BCUT2D eigenvalue weighted by atomic mass is 10.0. The van der Waals surface area contributed by atoms with Gasteiger partial charge in [-0.1, -0.05) is 95.5 Å². The molecule has 4 rings (SSSR count). The Morgan fingerprint density at radius 3 is 2.58 bits per heavy atom. The number of phenols is 1. The van der Waals surface area contributed by atoms with E-state index in [1.54, 1.807) is 17.8 Å². The molecule has 0 aliphatic carbocycles. The van der Waals surface area contributed by atoms with Crippen LogP contribution in [0.5, 0.6) is 5.75 Å². The minimum absolute atomic E-state index is 0.112. The van der Waals surface area contributed by atoms with Crippen molar-refractivity contribution in [2.75, 3.05) is 5.75 Å². The van der Waals surface area contributed by atoms with Crippen molar-refractivity contribution in [3.63, 3.8) is 0 Å². The first kappa shape index (κ1) is 21.4. The van der Waals surface area contributed by atoms with E-state index in [4.69, 9.17) is 0 Å². The van der Waals surface area contributed by atoms with Gasteiger partial charge >= 0.3 is 0 Å². The number of fused-ring (bicyclic) bond motifs is 1. The lowest BCUT2D eigenvalue weighted by Crippen LogP contribution is -2.19. The molecular formula is C22H18N4O2S3. The first-order valence-corrected chi connectivity index (χ1v) is 12.1. The Bertz CT molecular complexity index is 1210. The number of phenolic OH excluding ortho intramolecular Hbond substituents is 1. The summed E-state index contributed by atoms with van der Waals surface area (Å²) in [4.78, 5) is 12.1. The molecule has 6 nitrogen and oxygen atoms in total. The second-order valence-electron chi connectivity index (χ2n) is 6.41. The monoisotopic (exact) mass is 466 g/mol. The largest absolute Gasteiger partial charge is 0.507 e. The zero-order valence-electron chi connectivity index (χ0n) is 16.3. The van der Waals surface area contributed by atoms with Crippen LogP contribution >= 0.6 is 34.9 Å². The summed E-state index contributed by atoms with van der Waals surface area (Å²) in [6.07, 6.45) is 1.46. The van der Waals surface area contributed by atoms with Gasteiger partial charge in [-0.15, -0.1) is 10.2 Å². The lowest BCUT2D eigenvalue weighted by molar-refractivity contribution is -0.118. The predicted octanol–water partition coefficient (Wildman–Crippen LogP) is 4.93. The highest BCUT2D eigenvalue weighted by Crippen LogP contribution is 2.30. The highest BCUT2D eigenvalue weighted by atomic mass is 32.2. The summed E-state index contributed by atoms with van der Waals surface area (Å²) >= 11 is 4.42. The molecule has 0 unspecified atom stereocenters. The molecule has 2 N–H and O–H groups in total. The van der Waals surface area contributed by atoms with Crippen LogP contribution in [-0.4, -0.2) is 33.2 Å². The summed E-state index contributed by atoms with van der Waals surface area (Å²) < 4.78 is 1.61. The molecule has 1 heterocycles. The number of nitrogens with one attached hydrogen (secondary N) is 1. The fraction of sp³-hybridized carbons (Fsp3) is 0.0909. The Kier molecular flexibility index (Phi) is 7.18. The van der Waals surface area contributed by atoms with E-state index in [-0.39, 0.29) is 17.4 Å². The maximum absolute atomic E-state index is 12.1. The van der Waals surface area contributed by atoms with Crippen LogP contribution in [0, 0.1) is 0 Å². The van der Waals surface area contributed by atoms with Crippen LogP contribution in [0.25, 0.3) is 10.8 Å². The van der Waals surface area contributed by atoms with Crippen molar-refractivity contribution in [3.8, 4) is 5.75 Å². The quantitative estimate of drug-likeness (QED) is 0.217. The highest BCUT2D eigenvalue weighted by Gasteiger charge is 2.09. The molecule has 0 fully saturated rings. The van der Waals surface area contributed by atoms with Crippen molar-refractivity contribution in [2.45, 2.75) is 14.4 Å². The minimum atomic E-state index is -0.255. The Balaban J connectivity index is 1.27. The average Bonchev–Trinajstić information content (AvgIpc) is 3.26. The Hall–Kier alpha value is -2.88. The van der Waals surface area contributed by atoms with Gasteiger partial charge < -0.3 is 5.11 Å². The number of aromatic hydroxyl groups is 1. The van der Waals surface area contributed by atoms with E-state index in [0.717, 1.165) is 25.2 Å². The second-order valence-corrected chi connectivity index (χ2v) is 9.83. The number of rotatable bonds is 8. The molecule has 4 aromatic rings. The topological polar surface area (TPSA) is 87.5 Å². The van der Waals surface area contributed by atoms with E-state index in [1.807, 2.05) is 48.5 Å². The van der Waals surface area contributed by atoms with E-state index in [0.29, 0.717) is 5.56 Å². The molecule has 9 heteroatoms.